The molecule has 5 heteroatoms. The Bertz CT molecular complexity index is 228. The van der Waals surface area contributed by atoms with E-state index in [9.17, 15) is 8.42 Å². The molecule has 0 aliphatic heterocycles. The third kappa shape index (κ3) is 14.3. The molecule has 0 bridgehead atoms. The van der Waals surface area contributed by atoms with Gasteiger partial charge in [0.1, 0.15) is 9.84 Å². The molecule has 0 aromatic carbocycles. The minimum Gasteiger partial charge on any atom is -0.316 e. The lowest BCUT2D eigenvalue weighted by atomic mass is 10.2. The molecule has 0 aromatic heterocycles. The van der Waals surface area contributed by atoms with E-state index < -0.39 is 9.84 Å². The molecule has 0 aliphatic rings. The minimum atomic E-state index is -2.79. The topological polar surface area (TPSA) is 46.2 Å². The average Bonchev–Trinajstić information content (AvgIpc) is 2.14. The number of hydrogen-bond donors (Lipinski definition) is 1. The molecule has 0 aromatic rings. The van der Waals surface area contributed by atoms with Crippen molar-refractivity contribution < 1.29 is 8.42 Å². The molecule has 0 aliphatic carbocycles. The number of nitrogens with one attached hydrogen (secondary N) is 1. The molecular formula is C10H23NO2S2. The fourth-order valence-electron chi connectivity index (χ4n) is 1.23. The summed E-state index contributed by atoms with van der Waals surface area (Å²) in [4.78, 5) is 0. The zero-order valence-electron chi connectivity index (χ0n) is 9.79. The van der Waals surface area contributed by atoms with Gasteiger partial charge in [-0.15, -0.1) is 0 Å². The van der Waals surface area contributed by atoms with Crippen molar-refractivity contribution in [2.45, 2.75) is 25.7 Å². The highest BCUT2D eigenvalue weighted by Crippen LogP contribution is 2.03. The summed E-state index contributed by atoms with van der Waals surface area (Å²) in [5, 5.41) is 3.15. The maximum Gasteiger partial charge on any atom is 0.148 e. The van der Waals surface area contributed by atoms with Crippen LogP contribution in [-0.4, -0.2) is 45.5 Å². The van der Waals surface area contributed by atoms with Gasteiger partial charge in [0.15, 0.2) is 0 Å². The SMILES string of the molecule is CSCCCCCCNCCS(C)(=O)=O. The largest absolute Gasteiger partial charge is 0.316 e. The highest BCUT2D eigenvalue weighted by molar-refractivity contribution is 7.98. The summed E-state index contributed by atoms with van der Waals surface area (Å²) >= 11 is 1.89. The normalized spacial score (nSPS) is 11.9. The van der Waals surface area contributed by atoms with E-state index in [0.29, 0.717) is 6.54 Å². The van der Waals surface area contributed by atoms with Crippen molar-refractivity contribution >= 4 is 21.6 Å². The molecule has 15 heavy (non-hydrogen) atoms. The molecule has 0 saturated heterocycles. The third-order valence-electron chi connectivity index (χ3n) is 2.10. The molecule has 0 atom stereocenters. The molecule has 3 nitrogen and oxygen atoms in total. The van der Waals surface area contributed by atoms with Crippen molar-refractivity contribution in [3.8, 4) is 0 Å². The first kappa shape index (κ1) is 15.3. The van der Waals surface area contributed by atoms with Gasteiger partial charge in [0.25, 0.3) is 0 Å². The van der Waals surface area contributed by atoms with Crippen molar-refractivity contribution in [3.63, 3.8) is 0 Å². The monoisotopic (exact) mass is 253 g/mol. The van der Waals surface area contributed by atoms with E-state index in [2.05, 4.69) is 11.6 Å². The van der Waals surface area contributed by atoms with Crippen LogP contribution < -0.4 is 5.32 Å². The van der Waals surface area contributed by atoms with Crippen LogP contribution in [-0.2, 0) is 9.84 Å². The first-order chi connectivity index (χ1) is 7.06. The second-order valence-electron chi connectivity index (χ2n) is 3.79. The van der Waals surface area contributed by atoms with Gasteiger partial charge in [-0.2, -0.15) is 11.8 Å². The predicted octanol–water partition coefficient (Wildman–Crippen LogP) is 1.54. The number of unbranched alkanes of at least 4 members (excludes halogenated alkanes) is 3. The van der Waals surface area contributed by atoms with Crippen LogP contribution in [0.2, 0.25) is 0 Å². The van der Waals surface area contributed by atoms with Crippen molar-refractivity contribution in [2.75, 3.05) is 37.1 Å². The maximum atomic E-state index is 10.8. The molecule has 0 fully saturated rings. The number of thioether (sulfide) groups is 1. The molecule has 1 N–H and O–H groups in total. The first-order valence-corrected chi connectivity index (χ1v) is 8.89. The Kier molecular flexibility index (Phi) is 9.65. The quantitative estimate of drug-likeness (QED) is 0.600. The molecule has 0 unspecified atom stereocenters. The average molecular weight is 253 g/mol. The van der Waals surface area contributed by atoms with Gasteiger partial charge in [0.05, 0.1) is 5.75 Å². The minimum absolute atomic E-state index is 0.249. The lowest BCUT2D eigenvalue weighted by molar-refractivity contribution is 0.587. The van der Waals surface area contributed by atoms with Crippen molar-refractivity contribution in [2.24, 2.45) is 0 Å². The van der Waals surface area contributed by atoms with Crippen LogP contribution in [0.1, 0.15) is 25.7 Å². The van der Waals surface area contributed by atoms with Crippen LogP contribution >= 0.6 is 11.8 Å². The maximum absolute atomic E-state index is 10.8. The Hall–Kier alpha value is 0.260. The molecular weight excluding hydrogens is 230 g/mol. The standard InChI is InChI=1S/C10H23NO2S2/c1-14-9-6-4-3-5-7-11-8-10-15(2,12)13/h11H,3-10H2,1-2H3. The second-order valence-corrected chi connectivity index (χ2v) is 7.03. The summed E-state index contributed by atoms with van der Waals surface area (Å²) in [5.41, 5.74) is 0. The van der Waals surface area contributed by atoms with Gasteiger partial charge in [-0.3, -0.25) is 0 Å². The summed E-state index contributed by atoms with van der Waals surface area (Å²) in [6.45, 7) is 1.53. The zero-order chi connectivity index (χ0) is 11.6. The number of rotatable bonds is 10. The van der Waals surface area contributed by atoms with E-state index in [1.54, 1.807) is 0 Å². The summed E-state index contributed by atoms with van der Waals surface area (Å²) in [6.07, 6.45) is 8.38. The van der Waals surface area contributed by atoms with E-state index in [4.69, 9.17) is 0 Å². The molecule has 0 heterocycles. The van der Waals surface area contributed by atoms with E-state index in [-0.39, 0.29) is 5.75 Å². The van der Waals surface area contributed by atoms with Crippen LogP contribution in [0.5, 0.6) is 0 Å². The summed E-state index contributed by atoms with van der Waals surface area (Å²) in [6, 6.07) is 0. The van der Waals surface area contributed by atoms with Gasteiger partial charge in [0.2, 0.25) is 0 Å². The lowest BCUT2D eigenvalue weighted by Crippen LogP contribution is -2.23. The Balaban J connectivity index is 3.06. The second kappa shape index (κ2) is 9.48. The van der Waals surface area contributed by atoms with Crippen molar-refractivity contribution in [1.82, 2.24) is 5.32 Å². The van der Waals surface area contributed by atoms with E-state index in [1.165, 1.54) is 31.3 Å². The van der Waals surface area contributed by atoms with Gasteiger partial charge in [-0.1, -0.05) is 12.8 Å². The molecule has 92 valence electrons. The van der Waals surface area contributed by atoms with E-state index in [0.717, 1.165) is 13.0 Å². The van der Waals surface area contributed by atoms with Gasteiger partial charge in [-0.25, -0.2) is 8.42 Å². The Morgan fingerprint density at radius 2 is 1.73 bits per heavy atom. The third-order valence-corrected chi connectivity index (χ3v) is 3.74. The Morgan fingerprint density at radius 3 is 2.33 bits per heavy atom. The van der Waals surface area contributed by atoms with Crippen LogP contribution in [0.3, 0.4) is 0 Å². The zero-order valence-corrected chi connectivity index (χ0v) is 11.4. The smallest absolute Gasteiger partial charge is 0.148 e. The number of hydrogen-bond acceptors (Lipinski definition) is 4. The number of sulfone groups is 1. The van der Waals surface area contributed by atoms with Gasteiger partial charge in [-0.05, 0) is 31.4 Å². The van der Waals surface area contributed by atoms with Crippen LogP contribution in [0.25, 0.3) is 0 Å². The van der Waals surface area contributed by atoms with Gasteiger partial charge < -0.3 is 5.32 Å². The van der Waals surface area contributed by atoms with Crippen LogP contribution in [0, 0.1) is 0 Å². The fraction of sp³-hybridized carbons (Fsp3) is 1.00. The molecule has 0 radical (unpaired) electrons. The van der Waals surface area contributed by atoms with Crippen LogP contribution in [0.15, 0.2) is 0 Å². The molecule has 0 saturated carbocycles. The Labute approximate surface area is 98.3 Å². The summed E-state index contributed by atoms with van der Waals surface area (Å²) < 4.78 is 21.6. The first-order valence-electron chi connectivity index (χ1n) is 5.43. The van der Waals surface area contributed by atoms with E-state index >= 15 is 0 Å². The highest BCUT2D eigenvalue weighted by Gasteiger charge is 1.99. The van der Waals surface area contributed by atoms with E-state index in [1.807, 2.05) is 11.8 Å². The highest BCUT2D eigenvalue weighted by atomic mass is 32.2. The fourth-order valence-corrected chi connectivity index (χ4v) is 2.24. The van der Waals surface area contributed by atoms with Gasteiger partial charge in [0, 0.05) is 12.8 Å². The van der Waals surface area contributed by atoms with Crippen LogP contribution in [0.4, 0.5) is 0 Å². The summed E-state index contributed by atoms with van der Waals surface area (Å²) in [5.74, 6) is 1.50. The lowest BCUT2D eigenvalue weighted by Gasteiger charge is -2.03. The van der Waals surface area contributed by atoms with Crippen molar-refractivity contribution in [1.29, 1.82) is 0 Å². The molecule has 0 spiro atoms. The van der Waals surface area contributed by atoms with Gasteiger partial charge >= 0.3 is 0 Å². The Morgan fingerprint density at radius 1 is 1.07 bits per heavy atom. The predicted molar refractivity (Wildman–Crippen MR) is 69.4 cm³/mol. The van der Waals surface area contributed by atoms with Crippen molar-refractivity contribution in [3.05, 3.63) is 0 Å². The molecule has 0 amide bonds. The summed E-state index contributed by atoms with van der Waals surface area (Å²) in [7, 11) is -2.79. The molecule has 0 rings (SSSR count).